The Kier molecular flexibility index (Phi) is 1.45. The van der Waals surface area contributed by atoms with Crippen molar-refractivity contribution in [1.82, 2.24) is 0 Å². The van der Waals surface area contributed by atoms with Crippen LogP contribution in [0.2, 0.25) is 0 Å². The second-order valence-corrected chi connectivity index (χ2v) is 3.73. The van der Waals surface area contributed by atoms with Crippen molar-refractivity contribution < 1.29 is 4.74 Å². The van der Waals surface area contributed by atoms with Crippen LogP contribution < -0.4 is 4.74 Å². The molecule has 1 heteroatoms. The molecule has 1 aliphatic heterocycles. The maximum atomic E-state index is 5.86. The van der Waals surface area contributed by atoms with Crippen LogP contribution in [0.3, 0.4) is 0 Å². The van der Waals surface area contributed by atoms with E-state index in [0.29, 0.717) is 12.0 Å². The second-order valence-electron chi connectivity index (χ2n) is 3.73. The first-order valence-electron chi connectivity index (χ1n) is 4.87. The number of ether oxygens (including phenoxy) is 1. The maximum Gasteiger partial charge on any atom is 0.123 e. The highest BCUT2D eigenvalue weighted by atomic mass is 16.5. The summed E-state index contributed by atoms with van der Waals surface area (Å²) in [6, 6.07) is 8.38. The molecule has 0 unspecified atom stereocenters. The van der Waals surface area contributed by atoms with E-state index in [1.54, 1.807) is 0 Å². The third kappa shape index (κ3) is 0.998. The molecule has 0 saturated carbocycles. The fourth-order valence-corrected chi connectivity index (χ4v) is 2.27. The first-order chi connectivity index (χ1) is 6.45. The fourth-order valence-electron chi connectivity index (χ4n) is 2.27. The summed E-state index contributed by atoms with van der Waals surface area (Å²) in [6.07, 6.45) is 7.29. The Labute approximate surface area is 78.0 Å². The van der Waals surface area contributed by atoms with Crippen molar-refractivity contribution in [2.75, 3.05) is 0 Å². The number of hydrogen-bond acceptors (Lipinski definition) is 1. The molecule has 0 N–H and O–H groups in total. The monoisotopic (exact) mass is 172 g/mol. The Balaban J connectivity index is 2.09. The number of hydrogen-bond donors (Lipinski definition) is 0. The minimum absolute atomic E-state index is 0.405. The summed E-state index contributed by atoms with van der Waals surface area (Å²) in [4.78, 5) is 0. The molecule has 2 atom stereocenters. The summed E-state index contributed by atoms with van der Waals surface area (Å²) in [7, 11) is 0. The largest absolute Gasteiger partial charge is 0.489 e. The summed E-state index contributed by atoms with van der Waals surface area (Å²) in [5.74, 6) is 1.61. The van der Waals surface area contributed by atoms with Crippen molar-refractivity contribution in [3.8, 4) is 5.75 Å². The number of benzene rings is 1. The van der Waals surface area contributed by atoms with Gasteiger partial charge in [-0.2, -0.15) is 0 Å². The Morgan fingerprint density at radius 3 is 3.15 bits per heavy atom. The van der Waals surface area contributed by atoms with Gasteiger partial charge in [0.05, 0.1) is 0 Å². The van der Waals surface area contributed by atoms with Crippen molar-refractivity contribution in [3.63, 3.8) is 0 Å². The van der Waals surface area contributed by atoms with Crippen LogP contribution in [0.25, 0.3) is 0 Å². The second kappa shape index (κ2) is 2.63. The van der Waals surface area contributed by atoms with Crippen LogP contribution >= 0.6 is 0 Å². The van der Waals surface area contributed by atoms with E-state index in [1.807, 2.05) is 6.07 Å². The smallest absolute Gasteiger partial charge is 0.123 e. The van der Waals surface area contributed by atoms with Crippen molar-refractivity contribution >= 4 is 0 Å². The lowest BCUT2D eigenvalue weighted by atomic mass is 9.89. The predicted octanol–water partition coefficient (Wildman–Crippen LogP) is 2.88. The zero-order valence-electron chi connectivity index (χ0n) is 7.44. The molecule has 0 bridgehead atoms. The summed E-state index contributed by atoms with van der Waals surface area (Å²) in [5.41, 5.74) is 1.36. The van der Waals surface area contributed by atoms with Gasteiger partial charge in [0.1, 0.15) is 11.9 Å². The van der Waals surface area contributed by atoms with Crippen LogP contribution in [0.1, 0.15) is 24.3 Å². The highest BCUT2D eigenvalue weighted by Crippen LogP contribution is 2.42. The van der Waals surface area contributed by atoms with Gasteiger partial charge in [0.15, 0.2) is 0 Å². The lowest BCUT2D eigenvalue weighted by Gasteiger charge is -2.18. The average Bonchev–Trinajstić information content (AvgIpc) is 2.56. The number of para-hydroxylation sites is 1. The summed E-state index contributed by atoms with van der Waals surface area (Å²) in [5, 5.41) is 0. The predicted molar refractivity (Wildman–Crippen MR) is 52.0 cm³/mol. The lowest BCUT2D eigenvalue weighted by Crippen LogP contribution is -2.19. The van der Waals surface area contributed by atoms with E-state index in [9.17, 15) is 0 Å². The first kappa shape index (κ1) is 7.19. The van der Waals surface area contributed by atoms with Gasteiger partial charge in [-0.15, -0.1) is 0 Å². The van der Waals surface area contributed by atoms with Gasteiger partial charge in [-0.1, -0.05) is 30.4 Å². The average molecular weight is 172 g/mol. The van der Waals surface area contributed by atoms with Gasteiger partial charge < -0.3 is 4.74 Å². The minimum Gasteiger partial charge on any atom is -0.489 e. The van der Waals surface area contributed by atoms with Gasteiger partial charge in [-0.05, 0) is 18.9 Å². The van der Waals surface area contributed by atoms with E-state index in [4.69, 9.17) is 4.74 Å². The topological polar surface area (TPSA) is 9.23 Å². The molecule has 0 saturated heterocycles. The highest BCUT2D eigenvalue weighted by Gasteiger charge is 2.32. The molecular weight excluding hydrogens is 160 g/mol. The quantitative estimate of drug-likeness (QED) is 0.547. The molecule has 1 aromatic rings. The summed E-state index contributed by atoms with van der Waals surface area (Å²) < 4.78 is 5.86. The van der Waals surface area contributed by atoms with E-state index in [2.05, 4.69) is 30.4 Å². The van der Waals surface area contributed by atoms with Crippen LogP contribution in [-0.2, 0) is 0 Å². The standard InChI is InChI=1S/C12H12O/c1-3-7-11-9(5-1)10-6-2-4-8-12(10)13-11/h1-3,5-7,10,12H,4,8H2/t10-,12-/m1/s1. The van der Waals surface area contributed by atoms with E-state index < -0.39 is 0 Å². The highest BCUT2D eigenvalue weighted by molar-refractivity contribution is 5.44. The molecule has 2 aliphatic rings. The van der Waals surface area contributed by atoms with Gasteiger partial charge >= 0.3 is 0 Å². The first-order valence-corrected chi connectivity index (χ1v) is 4.87. The molecule has 1 aliphatic carbocycles. The van der Waals surface area contributed by atoms with Crippen LogP contribution in [0.4, 0.5) is 0 Å². The Hall–Kier alpha value is -1.24. The van der Waals surface area contributed by atoms with Gasteiger partial charge in [-0.25, -0.2) is 0 Å². The number of rotatable bonds is 0. The SMILES string of the molecule is C1=C[C@@H]2c3ccccc3O[C@@H]2CC1. The van der Waals surface area contributed by atoms with Crippen LogP contribution in [0.5, 0.6) is 5.75 Å². The lowest BCUT2D eigenvalue weighted by molar-refractivity contribution is 0.204. The van der Waals surface area contributed by atoms with E-state index in [-0.39, 0.29) is 0 Å². The minimum atomic E-state index is 0.405. The van der Waals surface area contributed by atoms with Gasteiger partial charge in [-0.3, -0.25) is 0 Å². The van der Waals surface area contributed by atoms with E-state index in [0.717, 1.165) is 18.6 Å². The van der Waals surface area contributed by atoms with Crippen LogP contribution in [0, 0.1) is 0 Å². The molecule has 0 fully saturated rings. The normalized spacial score (nSPS) is 29.2. The molecule has 0 amide bonds. The maximum absolute atomic E-state index is 5.86. The fraction of sp³-hybridized carbons (Fsp3) is 0.333. The number of allylic oxidation sites excluding steroid dienone is 1. The van der Waals surface area contributed by atoms with Crippen molar-refractivity contribution in [1.29, 1.82) is 0 Å². The van der Waals surface area contributed by atoms with Gasteiger partial charge in [0.2, 0.25) is 0 Å². The Morgan fingerprint density at radius 1 is 1.23 bits per heavy atom. The third-order valence-corrected chi connectivity index (χ3v) is 2.92. The molecule has 0 aromatic heterocycles. The van der Waals surface area contributed by atoms with Crippen LogP contribution in [0.15, 0.2) is 36.4 Å². The molecule has 0 radical (unpaired) electrons. The molecular formula is C12H12O. The molecule has 0 spiro atoms. The molecule has 66 valence electrons. The Morgan fingerprint density at radius 2 is 2.15 bits per heavy atom. The van der Waals surface area contributed by atoms with Crippen LogP contribution in [-0.4, -0.2) is 6.10 Å². The third-order valence-electron chi connectivity index (χ3n) is 2.92. The number of fused-ring (bicyclic) bond motifs is 3. The molecule has 13 heavy (non-hydrogen) atoms. The molecule has 1 nitrogen and oxygen atoms in total. The van der Waals surface area contributed by atoms with Gasteiger partial charge in [0, 0.05) is 11.5 Å². The Bertz CT molecular complexity index is 354. The summed E-state index contributed by atoms with van der Waals surface area (Å²) >= 11 is 0. The van der Waals surface area contributed by atoms with Crippen molar-refractivity contribution in [2.24, 2.45) is 0 Å². The van der Waals surface area contributed by atoms with Gasteiger partial charge in [0.25, 0.3) is 0 Å². The molecule has 1 aromatic carbocycles. The summed E-state index contributed by atoms with van der Waals surface area (Å²) in [6.45, 7) is 0. The van der Waals surface area contributed by atoms with Crippen molar-refractivity contribution in [3.05, 3.63) is 42.0 Å². The molecule has 1 heterocycles. The van der Waals surface area contributed by atoms with E-state index in [1.165, 1.54) is 5.56 Å². The molecule has 3 rings (SSSR count). The van der Waals surface area contributed by atoms with Crippen molar-refractivity contribution in [2.45, 2.75) is 24.9 Å². The zero-order chi connectivity index (χ0) is 8.67. The van der Waals surface area contributed by atoms with E-state index >= 15 is 0 Å². The zero-order valence-corrected chi connectivity index (χ0v) is 7.44.